The van der Waals surface area contributed by atoms with Gasteiger partial charge in [0, 0.05) is 10.9 Å². The number of aliphatic hydroxyl groups is 1. The Morgan fingerprint density at radius 1 is 1.40 bits per heavy atom. The van der Waals surface area contributed by atoms with E-state index >= 15 is 0 Å². The zero-order valence-corrected chi connectivity index (χ0v) is 12.6. The normalized spacial score (nSPS) is 16.2. The summed E-state index contributed by atoms with van der Waals surface area (Å²) in [6.07, 6.45) is 3.81. The van der Waals surface area contributed by atoms with Gasteiger partial charge < -0.3 is 10.4 Å². The Kier molecular flexibility index (Phi) is 4.78. The number of aliphatic hydroxyl groups excluding tert-OH is 1. The molecule has 2 N–H and O–H groups in total. The third-order valence-electron chi connectivity index (χ3n) is 3.82. The van der Waals surface area contributed by atoms with Crippen LogP contribution in [-0.2, 0) is 0 Å². The fourth-order valence-corrected chi connectivity index (χ4v) is 2.70. The number of rotatable bonds is 7. The molecule has 0 amide bonds. The Hall–Kier alpha value is -1.39. The molecule has 0 spiro atoms. The van der Waals surface area contributed by atoms with E-state index in [0.29, 0.717) is 0 Å². The summed E-state index contributed by atoms with van der Waals surface area (Å²) in [7, 11) is 0. The first-order chi connectivity index (χ1) is 9.59. The van der Waals surface area contributed by atoms with Gasteiger partial charge in [-0.25, -0.2) is 0 Å². The van der Waals surface area contributed by atoms with Crippen LogP contribution in [0.3, 0.4) is 0 Å². The van der Waals surface area contributed by atoms with Gasteiger partial charge in [-0.3, -0.25) is 4.68 Å². The second-order valence-corrected chi connectivity index (χ2v) is 5.85. The standard InChI is InChI=1S/C16H25N3O/c1-4-9-17-16(3,12-20)10-13(2)19-15-8-6-5-7-14(15)11-18-19/h5-8,11,13,17,20H,4,9-10,12H2,1-3H3. The molecule has 2 aromatic rings. The van der Waals surface area contributed by atoms with E-state index in [1.54, 1.807) is 0 Å². The van der Waals surface area contributed by atoms with E-state index in [9.17, 15) is 5.11 Å². The van der Waals surface area contributed by atoms with Gasteiger partial charge in [0.05, 0.1) is 24.4 Å². The number of hydrogen-bond acceptors (Lipinski definition) is 3. The highest BCUT2D eigenvalue weighted by molar-refractivity contribution is 5.78. The van der Waals surface area contributed by atoms with Gasteiger partial charge in [-0.1, -0.05) is 25.1 Å². The van der Waals surface area contributed by atoms with Crippen molar-refractivity contribution in [1.29, 1.82) is 0 Å². The molecular formula is C16H25N3O. The number of para-hydroxylation sites is 1. The fourth-order valence-electron chi connectivity index (χ4n) is 2.70. The highest BCUT2D eigenvalue weighted by atomic mass is 16.3. The number of fused-ring (bicyclic) bond motifs is 1. The van der Waals surface area contributed by atoms with Gasteiger partial charge in [0.2, 0.25) is 0 Å². The first-order valence-corrected chi connectivity index (χ1v) is 7.38. The zero-order valence-electron chi connectivity index (χ0n) is 12.6. The van der Waals surface area contributed by atoms with Crippen molar-refractivity contribution in [2.45, 2.75) is 45.2 Å². The highest BCUT2D eigenvalue weighted by Gasteiger charge is 2.26. The number of hydrogen-bond donors (Lipinski definition) is 2. The van der Waals surface area contributed by atoms with Crippen molar-refractivity contribution in [2.24, 2.45) is 0 Å². The largest absolute Gasteiger partial charge is 0.394 e. The number of benzene rings is 1. The Morgan fingerprint density at radius 2 is 2.15 bits per heavy atom. The monoisotopic (exact) mass is 275 g/mol. The Labute approximate surface area is 120 Å². The van der Waals surface area contributed by atoms with Crippen LogP contribution >= 0.6 is 0 Å². The van der Waals surface area contributed by atoms with E-state index in [1.807, 2.05) is 18.3 Å². The molecule has 1 heterocycles. The van der Waals surface area contributed by atoms with Crippen LogP contribution < -0.4 is 5.32 Å². The van der Waals surface area contributed by atoms with Crippen LogP contribution in [0.2, 0.25) is 0 Å². The lowest BCUT2D eigenvalue weighted by atomic mass is 9.94. The molecule has 0 saturated carbocycles. The fraction of sp³-hybridized carbons (Fsp3) is 0.562. The molecule has 0 aliphatic rings. The minimum absolute atomic E-state index is 0.135. The third-order valence-corrected chi connectivity index (χ3v) is 3.82. The van der Waals surface area contributed by atoms with Crippen LogP contribution in [0.5, 0.6) is 0 Å². The van der Waals surface area contributed by atoms with Crippen LogP contribution in [0.1, 0.15) is 39.7 Å². The van der Waals surface area contributed by atoms with Crippen LogP contribution in [0, 0.1) is 0 Å². The van der Waals surface area contributed by atoms with E-state index in [1.165, 1.54) is 0 Å². The predicted octanol–water partition coefficient (Wildman–Crippen LogP) is 2.74. The summed E-state index contributed by atoms with van der Waals surface area (Å²) < 4.78 is 2.05. The van der Waals surface area contributed by atoms with Crippen molar-refractivity contribution >= 4 is 10.9 Å². The average Bonchev–Trinajstić information content (AvgIpc) is 2.89. The molecular weight excluding hydrogens is 250 g/mol. The number of aromatic nitrogens is 2. The molecule has 1 aromatic carbocycles. The molecule has 2 rings (SSSR count). The molecule has 4 nitrogen and oxygen atoms in total. The molecule has 1 aromatic heterocycles. The van der Waals surface area contributed by atoms with Gasteiger partial charge in [-0.05, 0) is 39.3 Å². The lowest BCUT2D eigenvalue weighted by Crippen LogP contribution is -2.47. The van der Waals surface area contributed by atoms with Crippen LogP contribution in [0.4, 0.5) is 0 Å². The average molecular weight is 275 g/mol. The molecule has 0 radical (unpaired) electrons. The van der Waals surface area contributed by atoms with Crippen LogP contribution in [0.25, 0.3) is 10.9 Å². The minimum atomic E-state index is -0.261. The Balaban J connectivity index is 2.16. The molecule has 0 aliphatic heterocycles. The topological polar surface area (TPSA) is 50.1 Å². The van der Waals surface area contributed by atoms with Crippen molar-refractivity contribution in [3.8, 4) is 0 Å². The summed E-state index contributed by atoms with van der Waals surface area (Å²) in [5.41, 5.74) is 0.887. The summed E-state index contributed by atoms with van der Waals surface area (Å²) in [4.78, 5) is 0. The highest BCUT2D eigenvalue weighted by Crippen LogP contribution is 2.24. The summed E-state index contributed by atoms with van der Waals surface area (Å²) in [5.74, 6) is 0. The molecule has 110 valence electrons. The summed E-state index contributed by atoms with van der Waals surface area (Å²) in [5, 5.41) is 18.8. The van der Waals surface area contributed by atoms with Crippen LogP contribution in [-0.4, -0.2) is 33.6 Å². The molecule has 0 saturated heterocycles. The zero-order chi connectivity index (χ0) is 14.6. The van der Waals surface area contributed by atoms with Crippen molar-refractivity contribution in [3.63, 3.8) is 0 Å². The van der Waals surface area contributed by atoms with E-state index < -0.39 is 0 Å². The first-order valence-electron chi connectivity index (χ1n) is 7.38. The lowest BCUT2D eigenvalue weighted by Gasteiger charge is -2.32. The van der Waals surface area contributed by atoms with Crippen molar-refractivity contribution < 1.29 is 5.11 Å². The SMILES string of the molecule is CCCNC(C)(CO)CC(C)n1ncc2ccccc21. The van der Waals surface area contributed by atoms with Crippen LogP contribution in [0.15, 0.2) is 30.5 Å². The summed E-state index contributed by atoms with van der Waals surface area (Å²) in [6, 6.07) is 8.46. The molecule has 2 atom stereocenters. The second-order valence-electron chi connectivity index (χ2n) is 5.85. The van der Waals surface area contributed by atoms with E-state index in [4.69, 9.17) is 0 Å². The smallest absolute Gasteiger partial charge is 0.0685 e. The maximum absolute atomic E-state index is 9.68. The lowest BCUT2D eigenvalue weighted by molar-refractivity contribution is 0.150. The Bertz CT molecular complexity index is 551. The van der Waals surface area contributed by atoms with E-state index in [2.05, 4.69) is 48.0 Å². The van der Waals surface area contributed by atoms with Crippen molar-refractivity contribution in [3.05, 3.63) is 30.5 Å². The maximum atomic E-state index is 9.68. The van der Waals surface area contributed by atoms with Gasteiger partial charge >= 0.3 is 0 Å². The van der Waals surface area contributed by atoms with Gasteiger partial charge in [-0.15, -0.1) is 0 Å². The Morgan fingerprint density at radius 3 is 2.85 bits per heavy atom. The summed E-state index contributed by atoms with van der Waals surface area (Å²) in [6.45, 7) is 7.42. The number of nitrogens with zero attached hydrogens (tertiary/aromatic N) is 2. The predicted molar refractivity (Wildman–Crippen MR) is 82.8 cm³/mol. The molecule has 0 bridgehead atoms. The molecule has 0 aliphatic carbocycles. The molecule has 2 unspecified atom stereocenters. The molecule has 4 heteroatoms. The van der Waals surface area contributed by atoms with E-state index in [0.717, 1.165) is 30.3 Å². The van der Waals surface area contributed by atoms with Gasteiger partial charge in [0.25, 0.3) is 0 Å². The maximum Gasteiger partial charge on any atom is 0.0685 e. The quantitative estimate of drug-likeness (QED) is 0.817. The first kappa shape index (κ1) is 15.0. The van der Waals surface area contributed by atoms with Gasteiger partial charge in [0.15, 0.2) is 0 Å². The second kappa shape index (κ2) is 6.37. The van der Waals surface area contributed by atoms with Crippen molar-refractivity contribution in [1.82, 2.24) is 15.1 Å². The van der Waals surface area contributed by atoms with Gasteiger partial charge in [-0.2, -0.15) is 5.10 Å². The van der Waals surface area contributed by atoms with E-state index in [-0.39, 0.29) is 18.2 Å². The molecule has 20 heavy (non-hydrogen) atoms. The van der Waals surface area contributed by atoms with Crippen molar-refractivity contribution in [2.75, 3.05) is 13.2 Å². The molecule has 0 fully saturated rings. The summed E-state index contributed by atoms with van der Waals surface area (Å²) >= 11 is 0. The third kappa shape index (κ3) is 3.19. The van der Waals surface area contributed by atoms with Gasteiger partial charge in [0.1, 0.15) is 0 Å². The number of nitrogens with one attached hydrogen (secondary N) is 1. The minimum Gasteiger partial charge on any atom is -0.394 e.